The Morgan fingerprint density at radius 3 is 2.20 bits per heavy atom. The molecule has 1 fully saturated rings. The van der Waals surface area contributed by atoms with Crippen molar-refractivity contribution in [1.29, 1.82) is 0 Å². The average molecular weight is 390 g/mol. The van der Waals surface area contributed by atoms with Crippen LogP contribution in [-0.2, 0) is 24.7 Å². The third kappa shape index (κ3) is 4.93. The van der Waals surface area contributed by atoms with Gasteiger partial charge in [0.15, 0.2) is 9.84 Å². The number of hydrogen-bond acceptors (Lipinski definition) is 6. The number of benzene rings is 1. The molecule has 0 atom stereocenters. The molecule has 0 spiro atoms. The zero-order valence-corrected chi connectivity index (χ0v) is 15.8. The van der Waals surface area contributed by atoms with Gasteiger partial charge in [0, 0.05) is 19.3 Å². The zero-order chi connectivity index (χ0) is 18.7. The summed E-state index contributed by atoms with van der Waals surface area (Å²) in [6.07, 6.45) is 4.90. The number of sulfone groups is 1. The van der Waals surface area contributed by atoms with Crippen LogP contribution in [-0.4, -0.2) is 47.2 Å². The Morgan fingerprint density at radius 2 is 1.64 bits per heavy atom. The second-order valence-electron chi connectivity index (χ2n) is 6.08. The first-order valence-electron chi connectivity index (χ1n) is 7.87. The summed E-state index contributed by atoms with van der Waals surface area (Å²) in [4.78, 5) is 19.0. The first-order valence-corrected chi connectivity index (χ1v) is 11.2. The lowest BCUT2D eigenvalue weighted by Gasteiger charge is -2.30. The molecule has 0 aliphatic heterocycles. The van der Waals surface area contributed by atoms with E-state index in [-0.39, 0.29) is 10.9 Å². The van der Waals surface area contributed by atoms with Crippen LogP contribution in [0.3, 0.4) is 0 Å². The number of nitrogens with zero attached hydrogens (tertiary/aromatic N) is 1. The predicted octanol–water partition coefficient (Wildman–Crippen LogP) is 1.68. The summed E-state index contributed by atoms with van der Waals surface area (Å²) in [7, 11) is -6.54. The van der Waals surface area contributed by atoms with E-state index in [0.29, 0.717) is 0 Å². The van der Waals surface area contributed by atoms with E-state index in [9.17, 15) is 21.6 Å². The lowest BCUT2D eigenvalue weighted by atomic mass is 9.95. The van der Waals surface area contributed by atoms with Gasteiger partial charge < -0.3 is 9.74 Å². The van der Waals surface area contributed by atoms with Gasteiger partial charge in [-0.15, -0.1) is 0 Å². The molecule has 0 bridgehead atoms. The minimum Gasteiger partial charge on any atom is -0.338 e. The molecule has 0 radical (unpaired) electrons. The minimum atomic E-state index is -4.33. The van der Waals surface area contributed by atoms with Crippen molar-refractivity contribution in [1.82, 2.24) is 9.79 Å². The van der Waals surface area contributed by atoms with Crippen LogP contribution in [0.4, 0.5) is 4.79 Å². The van der Waals surface area contributed by atoms with E-state index in [1.54, 1.807) is 11.9 Å². The van der Waals surface area contributed by atoms with Gasteiger partial charge in [-0.25, -0.2) is 21.6 Å². The number of carbonyl (C=O) groups excluding carboxylic acids is 1. The largest absolute Gasteiger partial charge is 0.429 e. The molecule has 1 N–H and O–H groups in total. The van der Waals surface area contributed by atoms with E-state index in [1.807, 2.05) is 0 Å². The fraction of sp³-hybridized carbons (Fsp3) is 0.533. The van der Waals surface area contributed by atoms with Crippen LogP contribution in [0.2, 0.25) is 0 Å². The van der Waals surface area contributed by atoms with Crippen molar-refractivity contribution in [2.75, 3.05) is 13.3 Å². The van der Waals surface area contributed by atoms with Crippen LogP contribution < -0.4 is 4.89 Å². The van der Waals surface area contributed by atoms with Gasteiger partial charge in [0.1, 0.15) is 4.90 Å². The highest BCUT2D eigenvalue weighted by Gasteiger charge is 2.27. The molecule has 1 saturated carbocycles. The molecule has 0 unspecified atom stereocenters. The van der Waals surface area contributed by atoms with Crippen LogP contribution in [0.1, 0.15) is 32.1 Å². The van der Waals surface area contributed by atoms with Crippen molar-refractivity contribution in [3.05, 3.63) is 24.3 Å². The van der Waals surface area contributed by atoms with Gasteiger partial charge >= 0.3 is 6.09 Å². The van der Waals surface area contributed by atoms with Crippen LogP contribution in [0.25, 0.3) is 0 Å². The van der Waals surface area contributed by atoms with E-state index in [2.05, 4.69) is 0 Å². The Labute approximate surface area is 148 Å². The van der Waals surface area contributed by atoms with Crippen LogP contribution in [0.5, 0.6) is 0 Å². The smallest absolute Gasteiger partial charge is 0.338 e. The van der Waals surface area contributed by atoms with E-state index in [4.69, 9.17) is 4.84 Å². The molecule has 8 nitrogen and oxygen atoms in total. The van der Waals surface area contributed by atoms with Crippen molar-refractivity contribution in [3.8, 4) is 0 Å². The van der Waals surface area contributed by atoms with E-state index in [0.717, 1.165) is 44.4 Å². The van der Waals surface area contributed by atoms with Crippen molar-refractivity contribution in [2.45, 2.75) is 47.9 Å². The zero-order valence-electron chi connectivity index (χ0n) is 14.1. The molecule has 1 amide bonds. The summed E-state index contributed by atoms with van der Waals surface area (Å²) in [5.41, 5.74) is 0. The molecule has 10 heteroatoms. The molecule has 140 valence electrons. The highest BCUT2D eigenvalue weighted by atomic mass is 32.2. The Kier molecular flexibility index (Phi) is 6.07. The van der Waals surface area contributed by atoms with Gasteiger partial charge in [0.25, 0.3) is 10.0 Å². The number of sulfonamides is 1. The molecular formula is C15H22N2O6S2. The number of carbonyl (C=O) groups is 1. The number of rotatable bonds is 5. The Morgan fingerprint density at radius 1 is 1.08 bits per heavy atom. The van der Waals surface area contributed by atoms with Crippen molar-refractivity contribution >= 4 is 26.0 Å². The Bertz CT molecular complexity index is 829. The standard InChI is InChI=1S/C15H22N2O6S2/c1-17(12-8-4-3-5-9-12)15(18)23-16-25(21,22)14-11-7-6-10-13(14)24(2,19)20/h6-7,10-12,16H,3-5,8-9H2,1-2H3. The maximum Gasteiger partial charge on any atom is 0.429 e. The van der Waals surface area contributed by atoms with Gasteiger partial charge in [-0.3, -0.25) is 0 Å². The molecule has 1 aromatic rings. The second kappa shape index (κ2) is 7.71. The average Bonchev–Trinajstić information content (AvgIpc) is 2.59. The summed E-state index contributed by atoms with van der Waals surface area (Å²) in [6.45, 7) is 0. The monoisotopic (exact) mass is 390 g/mol. The summed E-state index contributed by atoms with van der Waals surface area (Å²) in [5, 5.41) is 0. The molecule has 25 heavy (non-hydrogen) atoms. The fourth-order valence-electron chi connectivity index (χ4n) is 2.80. The summed E-state index contributed by atoms with van der Waals surface area (Å²) >= 11 is 0. The molecule has 1 aromatic carbocycles. The van der Waals surface area contributed by atoms with Gasteiger partial charge in [0.2, 0.25) is 0 Å². The normalized spacial score (nSPS) is 16.4. The van der Waals surface area contributed by atoms with Gasteiger partial charge in [-0.2, -0.15) is 0 Å². The second-order valence-corrected chi connectivity index (χ2v) is 9.67. The lowest BCUT2D eigenvalue weighted by molar-refractivity contribution is 0.0721. The highest BCUT2D eigenvalue weighted by molar-refractivity contribution is 7.93. The van der Waals surface area contributed by atoms with Gasteiger partial charge in [-0.1, -0.05) is 31.4 Å². The molecular weight excluding hydrogens is 368 g/mol. The van der Waals surface area contributed by atoms with Gasteiger partial charge in [-0.05, 0) is 29.9 Å². The Balaban J connectivity index is 2.11. The lowest BCUT2D eigenvalue weighted by Crippen LogP contribution is -2.41. The van der Waals surface area contributed by atoms with Gasteiger partial charge in [0.05, 0.1) is 4.90 Å². The van der Waals surface area contributed by atoms with Crippen molar-refractivity contribution in [2.24, 2.45) is 0 Å². The van der Waals surface area contributed by atoms with Crippen LogP contribution >= 0.6 is 0 Å². The van der Waals surface area contributed by atoms with Crippen molar-refractivity contribution < 1.29 is 26.5 Å². The third-order valence-corrected chi connectivity index (χ3v) is 6.71. The maximum absolute atomic E-state index is 12.3. The quantitative estimate of drug-likeness (QED) is 0.766. The van der Waals surface area contributed by atoms with E-state index in [1.165, 1.54) is 23.1 Å². The molecule has 1 aliphatic rings. The number of amides is 1. The topological polar surface area (TPSA) is 110 Å². The number of nitrogens with one attached hydrogen (secondary N) is 1. The molecule has 2 rings (SSSR count). The molecule has 0 saturated heterocycles. The third-order valence-electron chi connectivity index (χ3n) is 4.19. The predicted molar refractivity (Wildman–Crippen MR) is 91.0 cm³/mol. The Hall–Kier alpha value is -1.65. The summed E-state index contributed by atoms with van der Waals surface area (Å²) in [6, 6.07) is 5.13. The number of hydrogen-bond donors (Lipinski definition) is 1. The first-order chi connectivity index (χ1) is 11.6. The van der Waals surface area contributed by atoms with Crippen LogP contribution in [0.15, 0.2) is 34.1 Å². The van der Waals surface area contributed by atoms with Crippen LogP contribution in [0, 0.1) is 0 Å². The molecule has 0 heterocycles. The minimum absolute atomic E-state index is 0.00839. The first kappa shape index (κ1) is 19.7. The highest BCUT2D eigenvalue weighted by Crippen LogP contribution is 2.23. The molecule has 1 aliphatic carbocycles. The van der Waals surface area contributed by atoms with E-state index < -0.39 is 30.8 Å². The maximum atomic E-state index is 12.3. The fourth-order valence-corrected chi connectivity index (χ4v) is 5.21. The van der Waals surface area contributed by atoms with Crippen molar-refractivity contribution in [3.63, 3.8) is 0 Å². The summed E-state index contributed by atoms with van der Waals surface area (Å²) < 4.78 is 48.2. The van der Waals surface area contributed by atoms with E-state index >= 15 is 0 Å². The SMILES string of the molecule is CN(C(=O)ONS(=O)(=O)c1ccccc1S(C)(=O)=O)C1CCCCC1. The summed E-state index contributed by atoms with van der Waals surface area (Å²) in [5.74, 6) is 0. The molecule has 0 aromatic heterocycles.